The Hall–Kier alpha value is -1.17. The summed E-state index contributed by atoms with van der Waals surface area (Å²) in [5.41, 5.74) is 12.6. The average Bonchev–Trinajstić information content (AvgIpc) is 2.45. The Morgan fingerprint density at radius 2 is 1.50 bits per heavy atom. The van der Waals surface area contributed by atoms with E-state index in [4.69, 9.17) is 25.7 Å². The van der Waals surface area contributed by atoms with Gasteiger partial charge in [-0.1, -0.05) is 6.42 Å². The minimum atomic E-state index is -0.0960. The van der Waals surface area contributed by atoms with Crippen molar-refractivity contribution in [1.82, 2.24) is 0 Å². The summed E-state index contributed by atoms with van der Waals surface area (Å²) in [6, 6.07) is 3.59. The first kappa shape index (κ1) is 18.8. The average molecular weight is 305 g/mol. The van der Waals surface area contributed by atoms with E-state index in [1.807, 2.05) is 6.07 Å². The second-order valence-corrected chi connectivity index (χ2v) is 4.34. The van der Waals surface area contributed by atoms with Gasteiger partial charge in [-0.2, -0.15) is 0 Å². The van der Waals surface area contributed by atoms with Gasteiger partial charge in [0.1, 0.15) is 5.75 Å². The van der Waals surface area contributed by atoms with Crippen LogP contribution in [0.15, 0.2) is 12.1 Å². The smallest absolute Gasteiger partial charge is 0.164 e. The fourth-order valence-corrected chi connectivity index (χ4v) is 2.01. The lowest BCUT2D eigenvalue weighted by atomic mass is 10.00. The van der Waals surface area contributed by atoms with Crippen LogP contribution >= 0.6 is 12.4 Å². The Balaban J connectivity index is 0.00000361. The molecule has 0 fully saturated rings. The van der Waals surface area contributed by atoms with E-state index in [0.29, 0.717) is 18.0 Å². The van der Waals surface area contributed by atoms with Gasteiger partial charge in [0.05, 0.1) is 21.3 Å². The van der Waals surface area contributed by atoms with Crippen molar-refractivity contribution in [3.8, 4) is 17.2 Å². The maximum absolute atomic E-state index is 6.21. The number of benzene rings is 1. The summed E-state index contributed by atoms with van der Waals surface area (Å²) in [7, 11) is 4.82. The molecule has 4 N–H and O–H groups in total. The fraction of sp³-hybridized carbons (Fsp3) is 0.571. The highest BCUT2D eigenvalue weighted by Gasteiger charge is 2.16. The summed E-state index contributed by atoms with van der Waals surface area (Å²) in [5, 5.41) is 0. The van der Waals surface area contributed by atoms with Crippen molar-refractivity contribution < 1.29 is 14.2 Å². The molecule has 0 aliphatic heterocycles. The Bertz CT molecular complexity index is 402. The second-order valence-electron chi connectivity index (χ2n) is 4.34. The predicted octanol–water partition coefficient (Wildman–Crippen LogP) is 2.26. The van der Waals surface area contributed by atoms with Crippen LogP contribution in [0.3, 0.4) is 0 Å². The highest BCUT2D eigenvalue weighted by atomic mass is 35.5. The summed E-state index contributed by atoms with van der Waals surface area (Å²) in [6.45, 7) is 0.690. The van der Waals surface area contributed by atoms with Gasteiger partial charge >= 0.3 is 0 Å². The van der Waals surface area contributed by atoms with Gasteiger partial charge in [0.2, 0.25) is 0 Å². The largest absolute Gasteiger partial charge is 0.496 e. The molecule has 0 heterocycles. The van der Waals surface area contributed by atoms with Gasteiger partial charge in [0.15, 0.2) is 11.5 Å². The molecule has 0 spiro atoms. The summed E-state index contributed by atoms with van der Waals surface area (Å²) in [5.74, 6) is 2.02. The number of halogens is 1. The van der Waals surface area contributed by atoms with E-state index in [-0.39, 0.29) is 18.4 Å². The van der Waals surface area contributed by atoms with Crippen LogP contribution in [0.4, 0.5) is 0 Å². The van der Waals surface area contributed by atoms with Crippen LogP contribution in [0.2, 0.25) is 0 Å². The third-order valence-corrected chi connectivity index (χ3v) is 3.10. The molecule has 0 saturated carbocycles. The summed E-state index contributed by atoms with van der Waals surface area (Å²) >= 11 is 0. The van der Waals surface area contributed by atoms with Gasteiger partial charge < -0.3 is 25.7 Å². The van der Waals surface area contributed by atoms with Crippen LogP contribution < -0.4 is 25.7 Å². The highest BCUT2D eigenvalue weighted by molar-refractivity contribution is 5.85. The van der Waals surface area contributed by atoms with Crippen LogP contribution in [-0.4, -0.2) is 27.9 Å². The van der Waals surface area contributed by atoms with Crippen LogP contribution in [0, 0.1) is 0 Å². The fourth-order valence-electron chi connectivity index (χ4n) is 2.01. The molecule has 1 rings (SSSR count). The zero-order chi connectivity index (χ0) is 14.3. The third-order valence-electron chi connectivity index (χ3n) is 3.10. The molecule has 20 heavy (non-hydrogen) atoms. The Morgan fingerprint density at radius 3 is 2.00 bits per heavy atom. The first-order valence-corrected chi connectivity index (χ1v) is 6.43. The number of ether oxygens (including phenoxy) is 3. The number of rotatable bonds is 8. The summed E-state index contributed by atoms with van der Waals surface area (Å²) in [6.07, 6.45) is 2.83. The highest BCUT2D eigenvalue weighted by Crippen LogP contribution is 2.37. The maximum Gasteiger partial charge on any atom is 0.164 e. The molecular formula is C14H25ClN2O3. The lowest BCUT2D eigenvalue weighted by Crippen LogP contribution is -2.13. The monoisotopic (exact) mass is 304 g/mol. The van der Waals surface area contributed by atoms with Gasteiger partial charge in [-0.3, -0.25) is 0 Å². The number of nitrogens with two attached hydrogens (primary N) is 2. The molecule has 0 unspecified atom stereocenters. The first-order chi connectivity index (χ1) is 9.17. The molecule has 1 atom stereocenters. The molecule has 6 heteroatoms. The van der Waals surface area contributed by atoms with E-state index >= 15 is 0 Å². The number of unbranched alkanes of at least 4 members (excludes halogenated alkanes) is 1. The number of hydrogen-bond donors (Lipinski definition) is 2. The van der Waals surface area contributed by atoms with Crippen molar-refractivity contribution in [2.75, 3.05) is 27.9 Å². The molecule has 5 nitrogen and oxygen atoms in total. The normalized spacial score (nSPS) is 11.4. The predicted molar refractivity (Wildman–Crippen MR) is 83.2 cm³/mol. The molecule has 0 amide bonds. The van der Waals surface area contributed by atoms with Crippen molar-refractivity contribution >= 4 is 12.4 Å². The van der Waals surface area contributed by atoms with Gasteiger partial charge in [0, 0.05) is 17.7 Å². The third kappa shape index (κ3) is 4.74. The van der Waals surface area contributed by atoms with Gasteiger partial charge in [-0.05, 0) is 25.5 Å². The molecule has 0 saturated heterocycles. The van der Waals surface area contributed by atoms with Gasteiger partial charge in [-0.15, -0.1) is 12.4 Å². The quantitative estimate of drug-likeness (QED) is 0.720. The van der Waals surface area contributed by atoms with Gasteiger partial charge in [-0.25, -0.2) is 0 Å². The molecule has 0 aromatic heterocycles. The molecule has 1 aromatic rings. The Kier molecular flexibility index (Phi) is 9.12. The zero-order valence-corrected chi connectivity index (χ0v) is 13.2. The molecular weight excluding hydrogens is 280 g/mol. The SMILES string of the molecule is COc1cc(OC)c([C@H](N)CCCCN)cc1OC.Cl. The summed E-state index contributed by atoms with van der Waals surface area (Å²) < 4.78 is 15.9. The van der Waals surface area contributed by atoms with Crippen molar-refractivity contribution in [3.63, 3.8) is 0 Å². The van der Waals surface area contributed by atoms with E-state index in [1.165, 1.54) is 0 Å². The van der Waals surface area contributed by atoms with E-state index in [1.54, 1.807) is 27.4 Å². The number of methoxy groups -OCH3 is 3. The molecule has 1 aromatic carbocycles. The zero-order valence-electron chi connectivity index (χ0n) is 12.3. The van der Waals surface area contributed by atoms with Crippen LogP contribution in [-0.2, 0) is 0 Å². The lowest BCUT2D eigenvalue weighted by Gasteiger charge is -2.18. The van der Waals surface area contributed by atoms with Crippen molar-refractivity contribution in [3.05, 3.63) is 17.7 Å². The van der Waals surface area contributed by atoms with E-state index < -0.39 is 0 Å². The molecule has 0 aliphatic rings. The standard InChI is InChI=1S/C14H24N2O3.ClH/c1-17-12-9-14(19-3)13(18-2)8-10(12)11(16)6-4-5-7-15;/h8-9,11H,4-7,15-16H2,1-3H3;1H/t11-;/m1./s1. The maximum atomic E-state index is 6.21. The minimum absolute atomic E-state index is 0. The van der Waals surface area contributed by atoms with Crippen molar-refractivity contribution in [1.29, 1.82) is 0 Å². The van der Waals surface area contributed by atoms with Gasteiger partial charge in [0.25, 0.3) is 0 Å². The first-order valence-electron chi connectivity index (χ1n) is 6.43. The molecule has 0 radical (unpaired) electrons. The topological polar surface area (TPSA) is 79.7 Å². The van der Waals surface area contributed by atoms with E-state index in [9.17, 15) is 0 Å². The minimum Gasteiger partial charge on any atom is -0.496 e. The summed E-state index contributed by atoms with van der Waals surface area (Å²) in [4.78, 5) is 0. The second kappa shape index (κ2) is 9.69. The van der Waals surface area contributed by atoms with Crippen molar-refractivity contribution in [2.45, 2.75) is 25.3 Å². The molecule has 116 valence electrons. The van der Waals surface area contributed by atoms with E-state index in [2.05, 4.69) is 0 Å². The Labute approximate surface area is 127 Å². The lowest BCUT2D eigenvalue weighted by molar-refractivity contribution is 0.346. The van der Waals surface area contributed by atoms with Crippen LogP contribution in [0.1, 0.15) is 30.9 Å². The van der Waals surface area contributed by atoms with Crippen LogP contribution in [0.25, 0.3) is 0 Å². The molecule has 0 aliphatic carbocycles. The van der Waals surface area contributed by atoms with E-state index in [0.717, 1.165) is 30.6 Å². The van der Waals surface area contributed by atoms with Crippen LogP contribution in [0.5, 0.6) is 17.2 Å². The number of hydrogen-bond acceptors (Lipinski definition) is 5. The molecule has 0 bridgehead atoms. The van der Waals surface area contributed by atoms with Crippen molar-refractivity contribution in [2.24, 2.45) is 11.5 Å². The Morgan fingerprint density at radius 1 is 0.950 bits per heavy atom.